The summed E-state index contributed by atoms with van der Waals surface area (Å²) in [4.78, 5) is 48.7. The number of aromatic hydroxyl groups is 1. The quantitative estimate of drug-likeness (QED) is 0.156. The number of phenolic OH excluding ortho intramolecular Hbond substituents is 1. The molecule has 5 N–H and O–H groups in total. The van der Waals surface area contributed by atoms with Crippen molar-refractivity contribution >= 4 is 23.9 Å². The van der Waals surface area contributed by atoms with Crippen LogP contribution in [0.3, 0.4) is 0 Å². The van der Waals surface area contributed by atoms with Crippen molar-refractivity contribution in [3.63, 3.8) is 0 Å². The van der Waals surface area contributed by atoms with E-state index in [0.717, 1.165) is 16.7 Å². The smallest absolute Gasteiger partial charge is 0.407 e. The molecule has 3 rings (SSSR count). The van der Waals surface area contributed by atoms with Crippen molar-refractivity contribution in [1.29, 1.82) is 0 Å². The van der Waals surface area contributed by atoms with Gasteiger partial charge in [-0.25, -0.2) is 4.79 Å². The zero-order valence-electron chi connectivity index (χ0n) is 23.4. The Hall–Kier alpha value is -4.86. The van der Waals surface area contributed by atoms with Crippen LogP contribution in [0.4, 0.5) is 4.79 Å². The van der Waals surface area contributed by atoms with Crippen LogP contribution in [0.15, 0.2) is 78.9 Å². The SMILES string of the molecule is O=C(O)CCCCCNC(=O)[C@H](CCCNC(=O)OCc1ccccc1)NC(=O)c1ccc(-c2ccc(O)cc2)cc1. The molecule has 42 heavy (non-hydrogen) atoms. The summed E-state index contributed by atoms with van der Waals surface area (Å²) in [5.74, 6) is -1.45. The molecule has 0 saturated carbocycles. The van der Waals surface area contributed by atoms with E-state index in [9.17, 15) is 24.3 Å². The van der Waals surface area contributed by atoms with Gasteiger partial charge in [0, 0.05) is 25.1 Å². The molecule has 10 nitrogen and oxygen atoms in total. The minimum atomic E-state index is -0.851. The minimum Gasteiger partial charge on any atom is -0.508 e. The molecule has 3 amide bonds. The largest absolute Gasteiger partial charge is 0.508 e. The Morgan fingerprint density at radius 1 is 0.738 bits per heavy atom. The second-order valence-electron chi connectivity index (χ2n) is 9.78. The molecule has 0 aliphatic heterocycles. The van der Waals surface area contributed by atoms with E-state index in [0.29, 0.717) is 37.8 Å². The summed E-state index contributed by atoms with van der Waals surface area (Å²) in [5.41, 5.74) is 3.00. The predicted molar refractivity (Wildman–Crippen MR) is 158 cm³/mol. The fourth-order valence-corrected chi connectivity index (χ4v) is 4.16. The average Bonchev–Trinajstić information content (AvgIpc) is 3.00. The predicted octanol–water partition coefficient (Wildman–Crippen LogP) is 4.63. The lowest BCUT2D eigenvalue weighted by atomic mass is 10.0. The Morgan fingerprint density at radius 3 is 2.05 bits per heavy atom. The molecule has 0 aromatic heterocycles. The summed E-state index contributed by atoms with van der Waals surface area (Å²) in [5, 5.41) is 26.5. The van der Waals surface area contributed by atoms with Gasteiger partial charge >= 0.3 is 12.1 Å². The van der Waals surface area contributed by atoms with Crippen molar-refractivity contribution in [2.24, 2.45) is 0 Å². The van der Waals surface area contributed by atoms with Gasteiger partial charge in [-0.2, -0.15) is 0 Å². The molecule has 0 fully saturated rings. The fraction of sp³-hybridized carbons (Fsp3) is 0.312. The molecule has 0 saturated heterocycles. The van der Waals surface area contributed by atoms with E-state index < -0.39 is 24.0 Å². The maximum Gasteiger partial charge on any atom is 0.407 e. The molecular formula is C32H37N3O7. The summed E-state index contributed by atoms with van der Waals surface area (Å²) < 4.78 is 5.20. The van der Waals surface area contributed by atoms with Gasteiger partial charge in [0.05, 0.1) is 0 Å². The van der Waals surface area contributed by atoms with Crippen molar-refractivity contribution in [2.45, 2.75) is 51.2 Å². The van der Waals surface area contributed by atoms with Crippen LogP contribution in [0.1, 0.15) is 54.4 Å². The molecule has 1 atom stereocenters. The maximum atomic E-state index is 13.0. The van der Waals surface area contributed by atoms with Gasteiger partial charge in [0.2, 0.25) is 5.91 Å². The van der Waals surface area contributed by atoms with Gasteiger partial charge in [0.15, 0.2) is 0 Å². The second kappa shape index (κ2) is 17.1. The van der Waals surface area contributed by atoms with Gasteiger partial charge in [-0.05, 0) is 66.6 Å². The molecular weight excluding hydrogens is 538 g/mol. The number of carbonyl (C=O) groups excluding carboxylic acids is 3. The number of nitrogens with one attached hydrogen (secondary N) is 3. The molecule has 3 aromatic rings. The lowest BCUT2D eigenvalue weighted by Crippen LogP contribution is -2.47. The monoisotopic (exact) mass is 575 g/mol. The van der Waals surface area contributed by atoms with Crippen molar-refractivity contribution in [3.05, 3.63) is 90.0 Å². The van der Waals surface area contributed by atoms with Crippen LogP contribution >= 0.6 is 0 Å². The van der Waals surface area contributed by atoms with E-state index in [-0.39, 0.29) is 37.6 Å². The van der Waals surface area contributed by atoms with Crippen LogP contribution in [-0.4, -0.2) is 53.2 Å². The number of carboxylic acids is 1. The third-order valence-electron chi connectivity index (χ3n) is 6.49. The Morgan fingerprint density at radius 2 is 1.38 bits per heavy atom. The summed E-state index contributed by atoms with van der Waals surface area (Å²) >= 11 is 0. The Balaban J connectivity index is 1.52. The van der Waals surface area contributed by atoms with E-state index in [4.69, 9.17) is 9.84 Å². The van der Waals surface area contributed by atoms with E-state index in [2.05, 4.69) is 16.0 Å². The number of hydrogen-bond acceptors (Lipinski definition) is 6. The molecule has 0 aliphatic carbocycles. The first-order valence-electron chi connectivity index (χ1n) is 14.0. The molecule has 0 spiro atoms. The minimum absolute atomic E-state index is 0.0823. The summed E-state index contributed by atoms with van der Waals surface area (Å²) in [7, 11) is 0. The highest BCUT2D eigenvalue weighted by molar-refractivity contribution is 5.97. The van der Waals surface area contributed by atoms with Crippen LogP contribution in [0.25, 0.3) is 11.1 Å². The highest BCUT2D eigenvalue weighted by atomic mass is 16.5. The highest BCUT2D eigenvalue weighted by Crippen LogP contribution is 2.22. The number of aliphatic carboxylic acids is 1. The first-order valence-corrected chi connectivity index (χ1v) is 14.0. The third kappa shape index (κ3) is 11.3. The highest BCUT2D eigenvalue weighted by Gasteiger charge is 2.21. The average molecular weight is 576 g/mol. The van der Waals surface area contributed by atoms with Crippen molar-refractivity contribution in [1.82, 2.24) is 16.0 Å². The number of hydrogen-bond donors (Lipinski definition) is 5. The Kier molecular flexibility index (Phi) is 12.9. The van der Waals surface area contributed by atoms with Crippen LogP contribution in [0, 0.1) is 0 Å². The van der Waals surface area contributed by atoms with Crippen molar-refractivity contribution in [3.8, 4) is 16.9 Å². The number of phenols is 1. The number of carboxylic acid groups (broad SMARTS) is 1. The number of rotatable bonds is 16. The molecule has 222 valence electrons. The lowest BCUT2D eigenvalue weighted by molar-refractivity contribution is -0.137. The van der Waals surface area contributed by atoms with Gasteiger partial charge in [-0.1, -0.05) is 61.0 Å². The van der Waals surface area contributed by atoms with Crippen LogP contribution in [0.2, 0.25) is 0 Å². The Bertz CT molecular complexity index is 1300. The molecule has 0 bridgehead atoms. The zero-order chi connectivity index (χ0) is 30.2. The van der Waals surface area contributed by atoms with Crippen LogP contribution in [-0.2, 0) is 20.9 Å². The molecule has 10 heteroatoms. The summed E-state index contributed by atoms with van der Waals surface area (Å²) in [6, 6.07) is 22.1. The number of ether oxygens (including phenoxy) is 1. The van der Waals surface area contributed by atoms with Crippen LogP contribution < -0.4 is 16.0 Å². The standard InChI is InChI=1S/C32H37N3O7/c36-27-18-16-25(17-19-27)24-12-14-26(15-13-24)30(39)35-28(31(40)33-20-6-2-5-11-29(37)38)10-7-21-34-32(41)42-22-23-8-3-1-4-9-23/h1,3-4,8-9,12-19,28,36H,2,5-7,10-11,20-22H2,(H,33,40)(H,34,41)(H,35,39)(H,37,38)/t28-/m0/s1. The maximum absolute atomic E-state index is 13.0. The third-order valence-corrected chi connectivity index (χ3v) is 6.49. The molecule has 3 aromatic carbocycles. The summed E-state index contributed by atoms with van der Waals surface area (Å²) in [6.07, 6.45) is 2.01. The van der Waals surface area contributed by atoms with Crippen molar-refractivity contribution < 1.29 is 34.1 Å². The van der Waals surface area contributed by atoms with Gasteiger partial charge in [-0.3, -0.25) is 14.4 Å². The number of amides is 3. The fourth-order valence-electron chi connectivity index (χ4n) is 4.16. The first-order chi connectivity index (χ1) is 20.3. The number of benzene rings is 3. The van der Waals surface area contributed by atoms with Crippen molar-refractivity contribution in [2.75, 3.05) is 13.1 Å². The number of carbonyl (C=O) groups is 4. The van der Waals surface area contributed by atoms with E-state index in [1.165, 1.54) is 0 Å². The lowest BCUT2D eigenvalue weighted by Gasteiger charge is -2.19. The first kappa shape index (κ1) is 31.7. The zero-order valence-corrected chi connectivity index (χ0v) is 23.4. The molecule has 0 radical (unpaired) electrons. The van der Waals surface area contributed by atoms with Gasteiger partial charge in [-0.15, -0.1) is 0 Å². The Labute approximate surface area is 245 Å². The van der Waals surface area contributed by atoms with Gasteiger partial charge in [0.1, 0.15) is 18.4 Å². The molecule has 0 heterocycles. The van der Waals surface area contributed by atoms with E-state index in [1.807, 2.05) is 30.3 Å². The normalized spacial score (nSPS) is 11.2. The second-order valence-corrected chi connectivity index (χ2v) is 9.78. The summed E-state index contributed by atoms with van der Waals surface area (Å²) in [6.45, 7) is 0.756. The molecule has 0 aliphatic rings. The number of alkyl carbamates (subject to hydrolysis) is 1. The van der Waals surface area contributed by atoms with Gasteiger partial charge in [0.25, 0.3) is 5.91 Å². The van der Waals surface area contributed by atoms with E-state index in [1.54, 1.807) is 48.5 Å². The van der Waals surface area contributed by atoms with Gasteiger partial charge < -0.3 is 30.9 Å². The number of unbranched alkanes of at least 4 members (excludes halogenated alkanes) is 2. The molecule has 0 unspecified atom stereocenters. The van der Waals surface area contributed by atoms with E-state index >= 15 is 0 Å². The topological polar surface area (TPSA) is 154 Å². The van der Waals surface area contributed by atoms with Crippen LogP contribution in [0.5, 0.6) is 5.75 Å².